The van der Waals surface area contributed by atoms with Crippen LogP contribution in [-0.4, -0.2) is 10.9 Å². The molecule has 0 fully saturated rings. The summed E-state index contributed by atoms with van der Waals surface area (Å²) in [6.07, 6.45) is 6.56. The van der Waals surface area contributed by atoms with Crippen LogP contribution in [0.3, 0.4) is 0 Å². The smallest absolute Gasteiger partial charge is 0.0655 e. The molecule has 1 N–H and O–H groups in total. The van der Waals surface area contributed by atoms with Crippen molar-refractivity contribution in [2.24, 2.45) is 16.5 Å². The van der Waals surface area contributed by atoms with E-state index in [1.54, 1.807) is 6.08 Å². The van der Waals surface area contributed by atoms with Gasteiger partial charge in [-0.2, -0.15) is 0 Å². The van der Waals surface area contributed by atoms with Crippen LogP contribution in [0.4, 0.5) is 0 Å². The van der Waals surface area contributed by atoms with Gasteiger partial charge in [0, 0.05) is 5.41 Å². The molecule has 0 aliphatic rings. The van der Waals surface area contributed by atoms with Gasteiger partial charge in [0.1, 0.15) is 0 Å². The van der Waals surface area contributed by atoms with Crippen molar-refractivity contribution in [1.29, 1.82) is 0 Å². The van der Waals surface area contributed by atoms with Gasteiger partial charge in [-0.25, -0.2) is 0 Å². The van der Waals surface area contributed by atoms with E-state index in [1.165, 1.54) is 0 Å². The minimum absolute atomic E-state index is 0.0948. The summed E-state index contributed by atoms with van der Waals surface area (Å²) in [7, 11) is 0. The Morgan fingerprint density at radius 1 is 1.50 bits per heavy atom. The molecule has 0 aliphatic heterocycles. The average molecular weight is 195 g/mol. The van der Waals surface area contributed by atoms with E-state index in [1.807, 2.05) is 26.0 Å². The van der Waals surface area contributed by atoms with Crippen molar-refractivity contribution in [3.63, 3.8) is 0 Å². The van der Waals surface area contributed by atoms with E-state index in [9.17, 15) is 0 Å². The van der Waals surface area contributed by atoms with Gasteiger partial charge in [-0.05, 0) is 12.3 Å². The standard InChI is InChI=1S/C12H21NO/c1-6-7-8-9-12(4,5)11(13-14)10(2)3/h6-8,10,14H,1,9H2,2-5H3/b8-7+,13-11+. The fourth-order valence-corrected chi connectivity index (χ4v) is 1.60. The SMILES string of the molecule is C=C/C=C/CC(C)(C)/C(=N/O)C(C)C. The van der Waals surface area contributed by atoms with Crippen LogP contribution >= 0.6 is 0 Å². The Labute approximate surface area is 87.0 Å². The van der Waals surface area contributed by atoms with Crippen LogP contribution in [0, 0.1) is 11.3 Å². The molecule has 80 valence electrons. The zero-order valence-electron chi connectivity index (χ0n) is 9.62. The summed E-state index contributed by atoms with van der Waals surface area (Å²) in [5, 5.41) is 12.3. The minimum Gasteiger partial charge on any atom is -0.411 e. The Balaban J connectivity index is 4.58. The molecule has 0 amide bonds. The molecule has 0 aromatic heterocycles. The molecule has 0 radical (unpaired) electrons. The molecule has 0 rings (SSSR count). The highest BCUT2D eigenvalue weighted by Gasteiger charge is 2.26. The maximum atomic E-state index is 8.93. The highest BCUT2D eigenvalue weighted by molar-refractivity contribution is 5.90. The first-order valence-corrected chi connectivity index (χ1v) is 4.95. The van der Waals surface area contributed by atoms with Crippen molar-refractivity contribution in [1.82, 2.24) is 0 Å². The molecule has 14 heavy (non-hydrogen) atoms. The van der Waals surface area contributed by atoms with Crippen LogP contribution in [0.5, 0.6) is 0 Å². The topological polar surface area (TPSA) is 32.6 Å². The van der Waals surface area contributed by atoms with E-state index < -0.39 is 0 Å². The molecule has 0 aliphatic carbocycles. The normalized spacial score (nSPS) is 13.9. The summed E-state index contributed by atoms with van der Waals surface area (Å²) < 4.78 is 0. The van der Waals surface area contributed by atoms with Crippen LogP contribution < -0.4 is 0 Å². The van der Waals surface area contributed by atoms with Crippen molar-refractivity contribution in [2.75, 3.05) is 0 Å². The van der Waals surface area contributed by atoms with E-state index >= 15 is 0 Å². The van der Waals surface area contributed by atoms with Gasteiger partial charge in [-0.1, -0.05) is 57.7 Å². The predicted octanol–water partition coefficient (Wildman–Crippen LogP) is 3.63. The molecule has 0 saturated heterocycles. The van der Waals surface area contributed by atoms with Gasteiger partial charge in [0.05, 0.1) is 5.71 Å². The van der Waals surface area contributed by atoms with Gasteiger partial charge in [0.2, 0.25) is 0 Å². The molecule has 0 bridgehead atoms. The lowest BCUT2D eigenvalue weighted by molar-refractivity contribution is 0.303. The van der Waals surface area contributed by atoms with E-state index in [2.05, 4.69) is 25.6 Å². The van der Waals surface area contributed by atoms with Crippen molar-refractivity contribution >= 4 is 5.71 Å². The van der Waals surface area contributed by atoms with Gasteiger partial charge in [-0.3, -0.25) is 0 Å². The third-order valence-electron chi connectivity index (χ3n) is 2.25. The van der Waals surface area contributed by atoms with Crippen LogP contribution in [0.25, 0.3) is 0 Å². The van der Waals surface area contributed by atoms with Gasteiger partial charge in [0.25, 0.3) is 0 Å². The van der Waals surface area contributed by atoms with Crippen molar-refractivity contribution in [2.45, 2.75) is 34.1 Å². The number of rotatable bonds is 5. The Kier molecular flexibility index (Phi) is 5.21. The monoisotopic (exact) mass is 195 g/mol. The number of hydrogen-bond acceptors (Lipinski definition) is 2. The Hall–Kier alpha value is -1.05. The molecule has 0 atom stereocenters. The molecule has 0 heterocycles. The van der Waals surface area contributed by atoms with Crippen LogP contribution in [-0.2, 0) is 0 Å². The molecule has 0 saturated carbocycles. The first kappa shape index (κ1) is 12.9. The summed E-state index contributed by atoms with van der Waals surface area (Å²) >= 11 is 0. The lowest BCUT2D eigenvalue weighted by Crippen LogP contribution is -2.28. The van der Waals surface area contributed by atoms with E-state index in [4.69, 9.17) is 5.21 Å². The molecular formula is C12H21NO. The maximum absolute atomic E-state index is 8.93. The van der Waals surface area contributed by atoms with Crippen molar-refractivity contribution in [3.8, 4) is 0 Å². The predicted molar refractivity (Wildman–Crippen MR) is 61.8 cm³/mol. The minimum atomic E-state index is -0.0948. The Morgan fingerprint density at radius 3 is 2.43 bits per heavy atom. The number of allylic oxidation sites excluding steroid dienone is 3. The number of oxime groups is 1. The van der Waals surface area contributed by atoms with E-state index in [-0.39, 0.29) is 11.3 Å². The average Bonchev–Trinajstić information content (AvgIpc) is 2.04. The van der Waals surface area contributed by atoms with Gasteiger partial charge in [-0.15, -0.1) is 0 Å². The van der Waals surface area contributed by atoms with E-state index in [0.717, 1.165) is 12.1 Å². The summed E-state index contributed by atoms with van der Waals surface area (Å²) in [5.41, 5.74) is 0.744. The highest BCUT2D eigenvalue weighted by Crippen LogP contribution is 2.27. The van der Waals surface area contributed by atoms with Crippen molar-refractivity contribution in [3.05, 3.63) is 24.8 Å². The van der Waals surface area contributed by atoms with Gasteiger partial charge in [0.15, 0.2) is 0 Å². The maximum Gasteiger partial charge on any atom is 0.0655 e. The first-order valence-electron chi connectivity index (χ1n) is 4.95. The second-order valence-corrected chi connectivity index (χ2v) is 4.39. The van der Waals surface area contributed by atoms with E-state index in [0.29, 0.717) is 0 Å². The Morgan fingerprint density at radius 2 is 2.07 bits per heavy atom. The number of hydrogen-bond donors (Lipinski definition) is 1. The van der Waals surface area contributed by atoms with Crippen LogP contribution in [0.1, 0.15) is 34.1 Å². The second kappa shape index (κ2) is 5.63. The molecule has 0 aromatic carbocycles. The van der Waals surface area contributed by atoms with Crippen molar-refractivity contribution < 1.29 is 5.21 Å². The molecule has 0 aromatic rings. The quantitative estimate of drug-likeness (QED) is 0.309. The summed E-state index contributed by atoms with van der Waals surface area (Å²) in [4.78, 5) is 0. The summed E-state index contributed by atoms with van der Waals surface area (Å²) in [6, 6.07) is 0. The van der Waals surface area contributed by atoms with Crippen LogP contribution in [0.15, 0.2) is 30.0 Å². The van der Waals surface area contributed by atoms with Gasteiger partial charge < -0.3 is 5.21 Å². The fourth-order valence-electron chi connectivity index (χ4n) is 1.60. The van der Waals surface area contributed by atoms with Gasteiger partial charge >= 0.3 is 0 Å². The highest BCUT2D eigenvalue weighted by atomic mass is 16.4. The molecule has 2 nitrogen and oxygen atoms in total. The molecule has 0 spiro atoms. The molecule has 0 unspecified atom stereocenters. The lowest BCUT2D eigenvalue weighted by Gasteiger charge is -2.26. The fraction of sp³-hybridized carbons (Fsp3) is 0.583. The third kappa shape index (κ3) is 3.77. The Bertz CT molecular complexity index is 237. The summed E-state index contributed by atoms with van der Waals surface area (Å²) in [5.74, 6) is 0.270. The zero-order valence-corrected chi connectivity index (χ0v) is 9.62. The lowest BCUT2D eigenvalue weighted by atomic mass is 9.79. The number of nitrogens with zero attached hydrogens (tertiary/aromatic N) is 1. The third-order valence-corrected chi connectivity index (χ3v) is 2.25. The summed E-state index contributed by atoms with van der Waals surface area (Å²) in [6.45, 7) is 11.8. The van der Waals surface area contributed by atoms with Crippen LogP contribution in [0.2, 0.25) is 0 Å². The largest absolute Gasteiger partial charge is 0.411 e. The molecular weight excluding hydrogens is 174 g/mol. The zero-order chi connectivity index (χ0) is 11.2. The second-order valence-electron chi connectivity index (χ2n) is 4.39. The first-order chi connectivity index (χ1) is 6.45. The molecule has 2 heteroatoms.